The van der Waals surface area contributed by atoms with Gasteiger partial charge in [-0.3, -0.25) is 0 Å². The van der Waals surface area contributed by atoms with Crippen molar-refractivity contribution in [1.29, 1.82) is 0 Å². The second kappa shape index (κ2) is 7.86. The van der Waals surface area contributed by atoms with E-state index in [9.17, 15) is 0 Å². The molecule has 2 rings (SSSR count). The van der Waals surface area contributed by atoms with Crippen molar-refractivity contribution in [2.24, 2.45) is 0 Å². The van der Waals surface area contributed by atoms with E-state index in [1.807, 2.05) is 0 Å². The molecule has 0 spiro atoms. The van der Waals surface area contributed by atoms with Gasteiger partial charge in [-0.25, -0.2) is 10.0 Å². The molecule has 0 aromatic rings. The van der Waals surface area contributed by atoms with Gasteiger partial charge >= 0.3 is 0 Å². The maximum Gasteiger partial charge on any atom is 0.0314 e. The lowest BCUT2D eigenvalue weighted by atomic mass is 9.95. The minimum Gasteiger partial charge on any atom is -0.234 e. The number of hydrazine groups is 1. The average molecular weight is 262 g/mol. The van der Waals surface area contributed by atoms with Crippen LogP contribution in [-0.4, -0.2) is 35.2 Å². The highest BCUT2D eigenvalue weighted by Crippen LogP contribution is 2.29. The van der Waals surface area contributed by atoms with E-state index in [1.165, 1.54) is 57.8 Å². The van der Waals surface area contributed by atoms with Crippen molar-refractivity contribution >= 4 is 0 Å². The molecule has 0 unspecified atom stereocenters. The van der Waals surface area contributed by atoms with E-state index in [0.717, 1.165) is 25.2 Å². The van der Waals surface area contributed by atoms with Crippen molar-refractivity contribution in [3.8, 4) is 0 Å². The number of rotatable bonds is 7. The van der Waals surface area contributed by atoms with Gasteiger partial charge in [-0.05, 0) is 25.7 Å². The van der Waals surface area contributed by atoms with Gasteiger partial charge in [0, 0.05) is 25.2 Å². The fourth-order valence-electron chi connectivity index (χ4n) is 3.77. The summed E-state index contributed by atoms with van der Waals surface area (Å²) in [4.78, 5) is 0. The van der Waals surface area contributed by atoms with E-state index in [1.54, 1.807) is 0 Å². The maximum absolute atomic E-state index is 3.97. The molecule has 0 amide bonds. The lowest BCUT2D eigenvalue weighted by molar-refractivity contribution is -0.0822. The molecule has 0 atom stereocenters. The molecule has 108 valence electrons. The molecule has 0 aromatic carbocycles. The van der Waals surface area contributed by atoms with Crippen molar-refractivity contribution in [3.05, 3.63) is 25.3 Å². The number of hydrogen-bond acceptors (Lipinski definition) is 2. The molecule has 2 nitrogen and oxygen atoms in total. The largest absolute Gasteiger partial charge is 0.234 e. The van der Waals surface area contributed by atoms with Crippen LogP contribution >= 0.6 is 0 Å². The first kappa shape index (κ1) is 14.8. The van der Waals surface area contributed by atoms with Gasteiger partial charge in [-0.15, -0.1) is 13.2 Å². The van der Waals surface area contributed by atoms with Crippen LogP contribution in [0.25, 0.3) is 0 Å². The summed E-state index contributed by atoms with van der Waals surface area (Å²) in [5.41, 5.74) is 0. The summed E-state index contributed by atoms with van der Waals surface area (Å²) in [7, 11) is 0. The van der Waals surface area contributed by atoms with E-state index in [-0.39, 0.29) is 0 Å². The molecule has 2 heteroatoms. The van der Waals surface area contributed by atoms with Crippen molar-refractivity contribution in [1.82, 2.24) is 10.0 Å². The Bertz CT molecular complexity index is 275. The highest BCUT2D eigenvalue weighted by molar-refractivity contribution is 4.87. The Morgan fingerprint density at radius 3 is 1.42 bits per heavy atom. The van der Waals surface area contributed by atoms with Crippen LogP contribution in [0.5, 0.6) is 0 Å². The van der Waals surface area contributed by atoms with Gasteiger partial charge < -0.3 is 0 Å². The molecule has 0 heterocycles. The van der Waals surface area contributed by atoms with Crippen molar-refractivity contribution in [2.75, 3.05) is 13.1 Å². The van der Waals surface area contributed by atoms with E-state index < -0.39 is 0 Å². The van der Waals surface area contributed by atoms with Crippen LogP contribution in [0.1, 0.15) is 57.8 Å². The van der Waals surface area contributed by atoms with Gasteiger partial charge in [0.15, 0.2) is 0 Å². The maximum atomic E-state index is 3.97. The molecule has 19 heavy (non-hydrogen) atoms. The quantitative estimate of drug-likeness (QED) is 0.502. The molecule has 2 aliphatic rings. The molecule has 0 N–H and O–H groups in total. The monoisotopic (exact) mass is 262 g/mol. The van der Waals surface area contributed by atoms with Gasteiger partial charge in [0.2, 0.25) is 0 Å². The molecule has 2 aliphatic carbocycles. The summed E-state index contributed by atoms with van der Waals surface area (Å²) in [6.07, 6.45) is 16.6. The van der Waals surface area contributed by atoms with Crippen LogP contribution in [-0.2, 0) is 0 Å². The van der Waals surface area contributed by atoms with E-state index in [0.29, 0.717) is 0 Å². The van der Waals surface area contributed by atoms with Crippen LogP contribution in [0.2, 0.25) is 0 Å². The Kier molecular flexibility index (Phi) is 6.12. The molecule has 2 fully saturated rings. The highest BCUT2D eigenvalue weighted by Gasteiger charge is 2.30. The predicted molar refractivity (Wildman–Crippen MR) is 82.9 cm³/mol. The number of hydrogen-bond donors (Lipinski definition) is 0. The first-order chi connectivity index (χ1) is 9.36. The summed E-state index contributed by atoms with van der Waals surface area (Å²) in [6, 6.07) is 1.46. The molecule has 0 aliphatic heterocycles. The first-order valence-electron chi connectivity index (χ1n) is 8.11. The normalized spacial score (nSPS) is 22.2. The zero-order valence-corrected chi connectivity index (χ0v) is 12.4. The third kappa shape index (κ3) is 3.93. The van der Waals surface area contributed by atoms with Crippen LogP contribution in [0, 0.1) is 0 Å². The molecular weight excluding hydrogens is 232 g/mol. The molecule has 0 bridgehead atoms. The Morgan fingerprint density at radius 2 is 1.05 bits per heavy atom. The van der Waals surface area contributed by atoms with Gasteiger partial charge in [-0.1, -0.05) is 44.3 Å². The lowest BCUT2D eigenvalue weighted by Crippen LogP contribution is -2.53. The zero-order valence-electron chi connectivity index (χ0n) is 12.4. The van der Waals surface area contributed by atoms with E-state index >= 15 is 0 Å². The zero-order chi connectivity index (χ0) is 13.5. The SMILES string of the molecule is C=CCN(C1CCCCC1)N(CC=C)C1CCCC1. The molecular formula is C17H30N2. The van der Waals surface area contributed by atoms with Crippen LogP contribution in [0.15, 0.2) is 25.3 Å². The minimum atomic E-state index is 0.729. The second-order valence-electron chi connectivity index (χ2n) is 6.05. The molecule has 2 saturated carbocycles. The van der Waals surface area contributed by atoms with E-state index in [4.69, 9.17) is 0 Å². The fraction of sp³-hybridized carbons (Fsp3) is 0.765. The second-order valence-corrected chi connectivity index (χ2v) is 6.05. The highest BCUT2D eigenvalue weighted by atomic mass is 15.6. The van der Waals surface area contributed by atoms with Crippen molar-refractivity contribution in [2.45, 2.75) is 69.9 Å². The standard InChI is InChI=1S/C17H30N2/c1-3-14-18(16-10-6-5-7-11-16)19(15-4-2)17-12-8-9-13-17/h3-4,16-17H,1-2,5-15H2. The average Bonchev–Trinajstić information content (AvgIpc) is 2.97. The molecule has 0 saturated heterocycles. The van der Waals surface area contributed by atoms with Crippen molar-refractivity contribution in [3.63, 3.8) is 0 Å². The van der Waals surface area contributed by atoms with E-state index in [2.05, 4.69) is 35.3 Å². The Labute approximate surface area is 119 Å². The summed E-state index contributed by atoms with van der Waals surface area (Å²) < 4.78 is 0. The summed E-state index contributed by atoms with van der Waals surface area (Å²) >= 11 is 0. The number of nitrogens with zero attached hydrogens (tertiary/aromatic N) is 2. The van der Waals surface area contributed by atoms with Crippen molar-refractivity contribution < 1.29 is 0 Å². The third-order valence-electron chi connectivity index (χ3n) is 4.70. The molecule has 0 radical (unpaired) electrons. The third-order valence-corrected chi connectivity index (χ3v) is 4.70. The fourth-order valence-corrected chi connectivity index (χ4v) is 3.77. The van der Waals surface area contributed by atoms with Crippen LogP contribution < -0.4 is 0 Å². The topological polar surface area (TPSA) is 6.48 Å². The van der Waals surface area contributed by atoms with Gasteiger partial charge in [0.05, 0.1) is 0 Å². The van der Waals surface area contributed by atoms with Crippen LogP contribution in [0.4, 0.5) is 0 Å². The predicted octanol–water partition coefficient (Wildman–Crippen LogP) is 4.15. The van der Waals surface area contributed by atoms with Gasteiger partial charge in [0.1, 0.15) is 0 Å². The summed E-state index contributed by atoms with van der Waals surface area (Å²) in [5, 5.41) is 5.22. The van der Waals surface area contributed by atoms with Gasteiger partial charge in [-0.2, -0.15) is 0 Å². The summed E-state index contributed by atoms with van der Waals surface area (Å²) in [6.45, 7) is 9.93. The van der Waals surface area contributed by atoms with Gasteiger partial charge in [0.25, 0.3) is 0 Å². The first-order valence-corrected chi connectivity index (χ1v) is 8.11. The Hall–Kier alpha value is -0.600. The Morgan fingerprint density at radius 1 is 0.684 bits per heavy atom. The van der Waals surface area contributed by atoms with Crippen LogP contribution in [0.3, 0.4) is 0 Å². The smallest absolute Gasteiger partial charge is 0.0314 e. The minimum absolute atomic E-state index is 0.729. The Balaban J connectivity index is 2.06. The summed E-state index contributed by atoms with van der Waals surface area (Å²) in [5.74, 6) is 0. The molecule has 0 aromatic heterocycles. The lowest BCUT2D eigenvalue weighted by Gasteiger charge is -2.44.